The summed E-state index contributed by atoms with van der Waals surface area (Å²) >= 11 is 12.1. The molecule has 29 heavy (non-hydrogen) atoms. The Morgan fingerprint density at radius 1 is 1.07 bits per heavy atom. The molecule has 0 aliphatic heterocycles. The van der Waals surface area contributed by atoms with E-state index in [1.165, 1.54) is 7.11 Å². The number of thiophene rings is 3. The Balaban J connectivity index is 1.91. The van der Waals surface area contributed by atoms with Gasteiger partial charge in [0.05, 0.1) is 21.1 Å². The molecule has 1 atom stereocenters. The second-order valence-corrected chi connectivity index (χ2v) is 12.4. The molecule has 0 aliphatic carbocycles. The Kier molecular flexibility index (Phi) is 7.72. The average Bonchev–Trinajstić information content (AvgIpc) is 3.36. The molecule has 0 saturated carbocycles. The van der Waals surface area contributed by atoms with Crippen LogP contribution in [0.1, 0.15) is 36.8 Å². The van der Waals surface area contributed by atoms with Crippen LogP contribution >= 0.6 is 65.9 Å². The summed E-state index contributed by atoms with van der Waals surface area (Å²) in [6.45, 7) is 1.95. The van der Waals surface area contributed by atoms with E-state index in [1.807, 2.05) is 13.0 Å². The normalized spacial score (nSPS) is 12.1. The van der Waals surface area contributed by atoms with Crippen LogP contribution in [-0.2, 0) is 20.7 Å². The summed E-state index contributed by atoms with van der Waals surface area (Å²) in [7, 11) is 1.40. The Hall–Kier alpha value is -1.00. The first-order chi connectivity index (χ1) is 13.8. The van der Waals surface area contributed by atoms with Crippen LogP contribution in [0.15, 0.2) is 31.8 Å². The molecule has 154 valence electrons. The molecule has 0 aromatic carbocycles. The molecule has 3 heterocycles. The molecular weight excluding hydrogens is 560 g/mol. The van der Waals surface area contributed by atoms with Crippen LogP contribution in [0.25, 0.3) is 19.5 Å². The summed E-state index contributed by atoms with van der Waals surface area (Å²) < 4.78 is 6.78. The van der Waals surface area contributed by atoms with E-state index in [-0.39, 0.29) is 18.3 Å². The van der Waals surface area contributed by atoms with Crippen LogP contribution in [0.2, 0.25) is 0 Å². The highest BCUT2D eigenvalue weighted by molar-refractivity contribution is 9.11. The number of esters is 1. The molecule has 0 radical (unpaired) electrons. The van der Waals surface area contributed by atoms with Crippen molar-refractivity contribution in [1.29, 1.82) is 0 Å². The number of rotatable bonds is 8. The van der Waals surface area contributed by atoms with Crippen molar-refractivity contribution in [2.75, 3.05) is 7.11 Å². The van der Waals surface area contributed by atoms with E-state index in [4.69, 9.17) is 9.84 Å². The van der Waals surface area contributed by atoms with Crippen molar-refractivity contribution in [3.05, 3.63) is 43.0 Å². The fraction of sp³-hybridized carbons (Fsp3) is 0.300. The standard InChI is InChI=1S/C20H18Br2O4S3/c1-10(7-17(23)24)12-9-16(22)29-20(12)14-5-4-13(27-14)19-11(8-15(21)28-19)3-6-18(25)26-2/h4-5,8-10H,3,6-7H2,1-2H3,(H,23,24). The topological polar surface area (TPSA) is 63.6 Å². The lowest BCUT2D eigenvalue weighted by Crippen LogP contribution is -2.02. The highest BCUT2D eigenvalue weighted by Gasteiger charge is 2.21. The maximum atomic E-state index is 11.5. The quantitative estimate of drug-likeness (QED) is 0.283. The van der Waals surface area contributed by atoms with Gasteiger partial charge in [-0.3, -0.25) is 9.59 Å². The molecule has 1 unspecified atom stereocenters. The second-order valence-electron chi connectivity index (χ2n) is 6.48. The first-order valence-corrected chi connectivity index (χ1v) is 12.8. The van der Waals surface area contributed by atoms with E-state index in [0.29, 0.717) is 12.8 Å². The van der Waals surface area contributed by atoms with Gasteiger partial charge in [-0.25, -0.2) is 0 Å². The predicted molar refractivity (Wildman–Crippen MR) is 127 cm³/mol. The Morgan fingerprint density at radius 2 is 1.69 bits per heavy atom. The number of hydrogen-bond acceptors (Lipinski definition) is 6. The number of aliphatic carboxylic acids is 1. The molecule has 0 amide bonds. The predicted octanol–water partition coefficient (Wildman–Crippen LogP) is 7.41. The number of methoxy groups -OCH3 is 1. The fourth-order valence-corrected chi connectivity index (χ4v) is 7.74. The van der Waals surface area contributed by atoms with E-state index in [2.05, 4.69) is 50.1 Å². The third-order valence-electron chi connectivity index (χ3n) is 4.40. The molecule has 1 N–H and O–H groups in total. The van der Waals surface area contributed by atoms with Gasteiger partial charge in [0, 0.05) is 25.9 Å². The van der Waals surface area contributed by atoms with E-state index < -0.39 is 5.97 Å². The molecule has 0 spiro atoms. The van der Waals surface area contributed by atoms with Gasteiger partial charge >= 0.3 is 11.9 Å². The molecular formula is C20H18Br2O4S3. The highest BCUT2D eigenvalue weighted by atomic mass is 79.9. The number of hydrogen-bond donors (Lipinski definition) is 1. The number of halogens is 2. The van der Waals surface area contributed by atoms with E-state index >= 15 is 0 Å². The SMILES string of the molecule is COC(=O)CCc1cc(Br)sc1-c1ccc(-c2sc(Br)cc2C(C)CC(=O)O)s1. The summed E-state index contributed by atoms with van der Waals surface area (Å²) in [5, 5.41) is 9.16. The monoisotopic (exact) mass is 576 g/mol. The van der Waals surface area contributed by atoms with Crippen LogP contribution in [0.4, 0.5) is 0 Å². The highest BCUT2D eigenvalue weighted by Crippen LogP contribution is 2.46. The third-order valence-corrected chi connectivity index (χ3v) is 9.18. The maximum absolute atomic E-state index is 11.5. The maximum Gasteiger partial charge on any atom is 0.305 e. The van der Waals surface area contributed by atoms with Gasteiger partial charge in [0.1, 0.15) is 0 Å². The van der Waals surface area contributed by atoms with Crippen molar-refractivity contribution in [3.8, 4) is 19.5 Å². The number of carboxylic acid groups (broad SMARTS) is 1. The number of carbonyl (C=O) groups excluding carboxylic acids is 1. The largest absolute Gasteiger partial charge is 0.481 e. The molecule has 0 fully saturated rings. The number of ether oxygens (including phenoxy) is 1. The second kappa shape index (κ2) is 9.87. The number of carbonyl (C=O) groups is 2. The van der Waals surface area contributed by atoms with E-state index in [0.717, 1.165) is 38.2 Å². The molecule has 0 bridgehead atoms. The van der Waals surface area contributed by atoms with Gasteiger partial charge in [-0.2, -0.15) is 0 Å². The molecule has 9 heteroatoms. The zero-order valence-corrected chi connectivity index (χ0v) is 21.3. The fourth-order valence-electron chi connectivity index (χ4n) is 3.01. The van der Waals surface area contributed by atoms with Crippen LogP contribution in [0, 0.1) is 0 Å². The Morgan fingerprint density at radius 3 is 2.34 bits per heavy atom. The smallest absolute Gasteiger partial charge is 0.305 e. The Labute approximate surface area is 197 Å². The minimum absolute atomic E-state index is 0.0675. The van der Waals surface area contributed by atoms with E-state index in [9.17, 15) is 9.59 Å². The van der Waals surface area contributed by atoms with Gasteiger partial charge in [-0.05, 0) is 79.6 Å². The van der Waals surface area contributed by atoms with Crippen molar-refractivity contribution in [3.63, 3.8) is 0 Å². The van der Waals surface area contributed by atoms with E-state index in [1.54, 1.807) is 34.0 Å². The third kappa shape index (κ3) is 5.58. The molecule has 3 aromatic heterocycles. The number of carboxylic acids is 1. The van der Waals surface area contributed by atoms with Crippen LogP contribution in [0.5, 0.6) is 0 Å². The zero-order chi connectivity index (χ0) is 21.1. The summed E-state index contributed by atoms with van der Waals surface area (Å²) in [5.41, 5.74) is 2.17. The lowest BCUT2D eigenvalue weighted by atomic mass is 9.98. The van der Waals surface area contributed by atoms with Crippen LogP contribution in [-0.4, -0.2) is 24.2 Å². The van der Waals surface area contributed by atoms with Gasteiger partial charge in [-0.1, -0.05) is 6.92 Å². The summed E-state index contributed by atoms with van der Waals surface area (Å²) in [4.78, 5) is 27.2. The summed E-state index contributed by atoms with van der Waals surface area (Å²) in [6, 6.07) is 8.27. The number of aryl methyl sites for hydroxylation is 1. The molecule has 0 aliphatic rings. The van der Waals surface area contributed by atoms with Crippen molar-refractivity contribution in [1.82, 2.24) is 0 Å². The van der Waals surface area contributed by atoms with Gasteiger partial charge in [-0.15, -0.1) is 34.0 Å². The van der Waals surface area contributed by atoms with Crippen molar-refractivity contribution < 1.29 is 19.4 Å². The van der Waals surface area contributed by atoms with Crippen LogP contribution < -0.4 is 0 Å². The first kappa shape index (κ1) is 22.7. The van der Waals surface area contributed by atoms with Crippen molar-refractivity contribution >= 4 is 77.8 Å². The van der Waals surface area contributed by atoms with Crippen LogP contribution in [0.3, 0.4) is 0 Å². The summed E-state index contributed by atoms with van der Waals surface area (Å²) in [5.74, 6) is -1.08. The van der Waals surface area contributed by atoms with Gasteiger partial charge in [0.15, 0.2) is 0 Å². The van der Waals surface area contributed by atoms with Crippen molar-refractivity contribution in [2.24, 2.45) is 0 Å². The molecule has 0 saturated heterocycles. The Bertz CT molecular complexity index is 1030. The lowest BCUT2D eigenvalue weighted by Gasteiger charge is -2.09. The minimum Gasteiger partial charge on any atom is -0.481 e. The molecule has 3 rings (SSSR count). The minimum atomic E-state index is -0.795. The zero-order valence-electron chi connectivity index (χ0n) is 15.7. The van der Waals surface area contributed by atoms with Gasteiger partial charge < -0.3 is 9.84 Å². The summed E-state index contributed by atoms with van der Waals surface area (Å²) in [6.07, 6.45) is 1.08. The average molecular weight is 578 g/mol. The molecule has 4 nitrogen and oxygen atoms in total. The van der Waals surface area contributed by atoms with Gasteiger partial charge in [0.25, 0.3) is 0 Å². The lowest BCUT2D eigenvalue weighted by molar-refractivity contribution is -0.140. The van der Waals surface area contributed by atoms with Gasteiger partial charge in [0.2, 0.25) is 0 Å². The first-order valence-electron chi connectivity index (χ1n) is 8.75. The van der Waals surface area contributed by atoms with Crippen molar-refractivity contribution in [2.45, 2.75) is 32.1 Å². The molecule has 3 aromatic rings.